The lowest BCUT2D eigenvalue weighted by molar-refractivity contribution is 0.0474. The molecule has 0 unspecified atom stereocenters. The van der Waals surface area contributed by atoms with E-state index in [9.17, 15) is 18.0 Å². The number of nitrogens with zero attached hydrogens (tertiary/aromatic N) is 1. The molecule has 0 bridgehead atoms. The molecule has 28 heavy (non-hydrogen) atoms. The number of benzene rings is 2. The third kappa shape index (κ3) is 3.80. The van der Waals surface area contributed by atoms with E-state index >= 15 is 0 Å². The van der Waals surface area contributed by atoms with Gasteiger partial charge in [0.15, 0.2) is 12.4 Å². The van der Waals surface area contributed by atoms with E-state index in [0.29, 0.717) is 23.2 Å². The molecule has 0 radical (unpaired) electrons. The summed E-state index contributed by atoms with van der Waals surface area (Å²) >= 11 is 0. The van der Waals surface area contributed by atoms with Crippen LogP contribution in [0.4, 0.5) is 5.69 Å². The molecule has 0 aliphatic carbocycles. The van der Waals surface area contributed by atoms with Gasteiger partial charge in [-0.2, -0.15) is 0 Å². The molecule has 1 heterocycles. The number of anilines is 1. The first-order chi connectivity index (χ1) is 13.1. The quantitative estimate of drug-likeness (QED) is 0.568. The molecular formula is C21H23NO5S. The highest BCUT2D eigenvalue weighted by molar-refractivity contribution is 7.92. The van der Waals surface area contributed by atoms with Crippen LogP contribution < -0.4 is 4.31 Å². The van der Waals surface area contributed by atoms with E-state index in [1.165, 1.54) is 10.6 Å². The zero-order valence-electron chi connectivity index (χ0n) is 16.4. The summed E-state index contributed by atoms with van der Waals surface area (Å²) in [5.41, 5.74) is 4.04. The van der Waals surface area contributed by atoms with Crippen LogP contribution in [0.5, 0.6) is 0 Å². The van der Waals surface area contributed by atoms with E-state index in [4.69, 9.17) is 4.74 Å². The van der Waals surface area contributed by atoms with Crippen LogP contribution in [0.2, 0.25) is 0 Å². The number of fused-ring (bicyclic) bond motifs is 1. The molecule has 7 heteroatoms. The Bertz CT molecular complexity index is 1060. The van der Waals surface area contributed by atoms with Crippen molar-refractivity contribution in [1.82, 2.24) is 0 Å². The molecule has 2 aromatic carbocycles. The summed E-state index contributed by atoms with van der Waals surface area (Å²) in [6, 6.07) is 10.1. The van der Waals surface area contributed by atoms with Crippen molar-refractivity contribution < 1.29 is 22.7 Å². The fourth-order valence-corrected chi connectivity index (χ4v) is 4.81. The molecule has 1 atom stereocenters. The van der Waals surface area contributed by atoms with Gasteiger partial charge in [0.25, 0.3) is 0 Å². The van der Waals surface area contributed by atoms with Gasteiger partial charge in [0.2, 0.25) is 10.0 Å². The second-order valence-corrected chi connectivity index (χ2v) is 9.06. The molecule has 1 aliphatic rings. The van der Waals surface area contributed by atoms with Crippen molar-refractivity contribution in [3.63, 3.8) is 0 Å². The first-order valence-corrected chi connectivity index (χ1v) is 10.8. The minimum atomic E-state index is -3.38. The maximum absolute atomic E-state index is 12.5. The van der Waals surface area contributed by atoms with Gasteiger partial charge in [-0.15, -0.1) is 0 Å². The van der Waals surface area contributed by atoms with Crippen LogP contribution in [0.25, 0.3) is 0 Å². The first-order valence-electron chi connectivity index (χ1n) is 8.98. The van der Waals surface area contributed by atoms with Gasteiger partial charge < -0.3 is 4.74 Å². The van der Waals surface area contributed by atoms with Crippen molar-refractivity contribution in [3.8, 4) is 0 Å². The molecule has 0 N–H and O–H groups in total. The molecule has 0 spiro atoms. The summed E-state index contributed by atoms with van der Waals surface area (Å²) in [5.74, 6) is -0.862. The topological polar surface area (TPSA) is 80.8 Å². The Morgan fingerprint density at radius 2 is 1.89 bits per heavy atom. The number of carbonyl (C=O) groups excluding carboxylic acids is 2. The van der Waals surface area contributed by atoms with E-state index in [1.807, 2.05) is 26.8 Å². The number of ketones is 1. The third-order valence-corrected chi connectivity index (χ3v) is 6.34. The molecule has 0 saturated carbocycles. The first kappa shape index (κ1) is 20.1. The molecule has 6 nitrogen and oxygen atoms in total. The average Bonchev–Trinajstić information content (AvgIpc) is 2.96. The lowest BCUT2D eigenvalue weighted by Gasteiger charge is -2.21. The number of esters is 1. The zero-order valence-corrected chi connectivity index (χ0v) is 17.2. The fourth-order valence-electron chi connectivity index (χ4n) is 3.55. The zero-order chi connectivity index (χ0) is 20.6. The van der Waals surface area contributed by atoms with Crippen molar-refractivity contribution in [2.24, 2.45) is 0 Å². The van der Waals surface area contributed by atoms with Gasteiger partial charge in [-0.1, -0.05) is 12.1 Å². The summed E-state index contributed by atoms with van der Waals surface area (Å²) in [5, 5.41) is 0. The van der Waals surface area contributed by atoms with E-state index in [0.717, 1.165) is 16.7 Å². The number of Topliss-reactive ketones (excluding diaryl/α,β-unsaturated/α-hetero) is 1. The number of hydrogen-bond acceptors (Lipinski definition) is 5. The monoisotopic (exact) mass is 401 g/mol. The molecule has 1 aliphatic heterocycles. The van der Waals surface area contributed by atoms with Crippen molar-refractivity contribution >= 4 is 27.5 Å². The van der Waals surface area contributed by atoms with Gasteiger partial charge in [-0.25, -0.2) is 13.2 Å². The Hall–Kier alpha value is -2.67. The molecule has 0 amide bonds. The highest BCUT2D eigenvalue weighted by atomic mass is 32.2. The number of aryl methyl sites for hydroxylation is 1. The predicted molar refractivity (Wildman–Crippen MR) is 107 cm³/mol. The standard InChI is InChI=1S/C21H23NO5S/c1-13-6-5-7-18(15(13)3)21(24)27-12-20(23)16-8-9-19-17(11-16)10-14(2)22(19)28(4,25)26/h5-9,11,14H,10,12H2,1-4H3/t14-/m0/s1. The second-order valence-electron chi connectivity index (χ2n) is 7.20. The Morgan fingerprint density at radius 1 is 1.18 bits per heavy atom. The molecule has 148 valence electrons. The Morgan fingerprint density at radius 3 is 2.57 bits per heavy atom. The summed E-state index contributed by atoms with van der Waals surface area (Å²) < 4.78 is 30.6. The number of carbonyl (C=O) groups is 2. The maximum Gasteiger partial charge on any atom is 0.338 e. The Labute approximate surface area is 165 Å². The Balaban J connectivity index is 1.74. The SMILES string of the molecule is Cc1cccc(C(=O)OCC(=O)c2ccc3c(c2)C[C@H](C)N3S(C)(=O)=O)c1C. The normalized spacial score (nSPS) is 16.0. The van der Waals surface area contributed by atoms with Crippen LogP contribution in [0, 0.1) is 13.8 Å². The van der Waals surface area contributed by atoms with Gasteiger partial charge in [0, 0.05) is 11.6 Å². The minimum absolute atomic E-state index is 0.197. The summed E-state index contributed by atoms with van der Waals surface area (Å²) in [7, 11) is -3.38. The number of hydrogen-bond donors (Lipinski definition) is 0. The van der Waals surface area contributed by atoms with Crippen LogP contribution in [-0.4, -0.2) is 39.1 Å². The van der Waals surface area contributed by atoms with Gasteiger partial charge in [-0.3, -0.25) is 9.10 Å². The predicted octanol–water partition coefficient (Wildman–Crippen LogP) is 3.05. The molecular weight excluding hydrogens is 378 g/mol. The van der Waals surface area contributed by atoms with E-state index in [1.54, 1.807) is 30.3 Å². The van der Waals surface area contributed by atoms with Crippen molar-refractivity contribution in [2.45, 2.75) is 33.2 Å². The van der Waals surface area contributed by atoms with E-state index in [-0.39, 0.29) is 18.4 Å². The van der Waals surface area contributed by atoms with Crippen LogP contribution in [0.3, 0.4) is 0 Å². The van der Waals surface area contributed by atoms with E-state index in [2.05, 4.69) is 0 Å². The van der Waals surface area contributed by atoms with Gasteiger partial charge in [0.1, 0.15) is 0 Å². The van der Waals surface area contributed by atoms with Crippen LogP contribution in [-0.2, 0) is 21.2 Å². The molecule has 0 fully saturated rings. The smallest absolute Gasteiger partial charge is 0.338 e. The molecule has 0 aromatic heterocycles. The van der Waals surface area contributed by atoms with Crippen LogP contribution in [0.1, 0.15) is 44.3 Å². The Kier molecular flexibility index (Phi) is 5.30. The van der Waals surface area contributed by atoms with Crippen molar-refractivity contribution in [1.29, 1.82) is 0 Å². The number of rotatable bonds is 5. The maximum atomic E-state index is 12.5. The second kappa shape index (κ2) is 7.39. The van der Waals surface area contributed by atoms with Crippen molar-refractivity contribution in [3.05, 3.63) is 64.2 Å². The number of sulfonamides is 1. The third-order valence-electron chi connectivity index (χ3n) is 5.07. The minimum Gasteiger partial charge on any atom is -0.454 e. The van der Waals surface area contributed by atoms with Crippen molar-refractivity contribution in [2.75, 3.05) is 17.2 Å². The van der Waals surface area contributed by atoms with Crippen LogP contribution >= 0.6 is 0 Å². The average molecular weight is 401 g/mol. The molecule has 0 saturated heterocycles. The summed E-state index contributed by atoms with van der Waals surface area (Å²) in [4.78, 5) is 24.8. The van der Waals surface area contributed by atoms with Crippen LogP contribution in [0.15, 0.2) is 36.4 Å². The van der Waals surface area contributed by atoms with E-state index < -0.39 is 16.0 Å². The summed E-state index contributed by atoms with van der Waals surface area (Å²) in [6.45, 7) is 5.20. The fraction of sp³-hybridized carbons (Fsp3) is 0.333. The lowest BCUT2D eigenvalue weighted by atomic mass is 10.0. The van der Waals surface area contributed by atoms with Gasteiger partial charge in [-0.05, 0) is 68.1 Å². The summed E-state index contributed by atoms with van der Waals surface area (Å²) in [6.07, 6.45) is 1.70. The molecule has 3 rings (SSSR count). The highest BCUT2D eigenvalue weighted by Gasteiger charge is 2.32. The highest BCUT2D eigenvalue weighted by Crippen LogP contribution is 2.34. The molecule has 2 aromatic rings. The number of ether oxygens (including phenoxy) is 1. The van der Waals surface area contributed by atoms with Gasteiger partial charge in [0.05, 0.1) is 17.5 Å². The lowest BCUT2D eigenvalue weighted by Crippen LogP contribution is -2.34. The largest absolute Gasteiger partial charge is 0.454 e. The van der Waals surface area contributed by atoms with Gasteiger partial charge >= 0.3 is 5.97 Å².